The first kappa shape index (κ1) is 15.6. The number of aryl methyl sites for hydroxylation is 1. The van der Waals surface area contributed by atoms with Crippen LogP contribution in [0.15, 0.2) is 33.3 Å². The number of nitrogens with zero attached hydrogens (tertiary/aromatic N) is 1. The van der Waals surface area contributed by atoms with Crippen molar-refractivity contribution in [3.63, 3.8) is 0 Å². The average molecular weight is 353 g/mol. The van der Waals surface area contributed by atoms with Gasteiger partial charge in [-0.25, -0.2) is 0 Å². The van der Waals surface area contributed by atoms with Crippen LogP contribution in [0.25, 0.3) is 0 Å². The van der Waals surface area contributed by atoms with Crippen molar-refractivity contribution in [1.29, 1.82) is 0 Å². The van der Waals surface area contributed by atoms with Crippen molar-refractivity contribution in [2.24, 2.45) is 0 Å². The number of benzene rings is 1. The van der Waals surface area contributed by atoms with Crippen LogP contribution in [0.5, 0.6) is 5.75 Å². The van der Waals surface area contributed by atoms with E-state index in [0.29, 0.717) is 17.1 Å². The highest BCUT2D eigenvalue weighted by Crippen LogP contribution is 2.25. The van der Waals surface area contributed by atoms with Gasteiger partial charge in [0.05, 0.1) is 23.9 Å². The molecule has 112 valence electrons. The van der Waals surface area contributed by atoms with Crippen LogP contribution in [-0.2, 0) is 6.54 Å². The number of halogens is 1. The summed E-state index contributed by atoms with van der Waals surface area (Å²) in [7, 11) is 0. The van der Waals surface area contributed by atoms with E-state index < -0.39 is 0 Å². The summed E-state index contributed by atoms with van der Waals surface area (Å²) in [6.45, 7) is 5.95. The van der Waals surface area contributed by atoms with Crippen molar-refractivity contribution in [3.05, 3.63) is 45.8 Å². The summed E-state index contributed by atoms with van der Waals surface area (Å²) in [6, 6.07) is 7.10. The van der Waals surface area contributed by atoms with E-state index in [-0.39, 0.29) is 18.6 Å². The quantitative estimate of drug-likeness (QED) is 0.894. The summed E-state index contributed by atoms with van der Waals surface area (Å²) in [5, 5.41) is 6.57. The van der Waals surface area contributed by atoms with Gasteiger partial charge in [0, 0.05) is 10.5 Å². The Labute approximate surface area is 131 Å². The maximum Gasteiger partial charge on any atom is 0.255 e. The third kappa shape index (κ3) is 4.32. The number of rotatable bonds is 5. The van der Waals surface area contributed by atoms with E-state index >= 15 is 0 Å². The predicted molar refractivity (Wildman–Crippen MR) is 82.3 cm³/mol. The zero-order valence-electron chi connectivity index (χ0n) is 12.1. The summed E-state index contributed by atoms with van der Waals surface area (Å²) < 4.78 is 11.6. The summed E-state index contributed by atoms with van der Waals surface area (Å²) in [5.41, 5.74) is 1.27. The molecule has 0 saturated heterocycles. The molecule has 0 saturated carbocycles. The minimum Gasteiger partial charge on any atom is -0.490 e. The minimum absolute atomic E-state index is 0.0113. The van der Waals surface area contributed by atoms with Crippen LogP contribution < -0.4 is 10.1 Å². The van der Waals surface area contributed by atoms with Crippen molar-refractivity contribution >= 4 is 21.8 Å². The van der Waals surface area contributed by atoms with Gasteiger partial charge in [0.1, 0.15) is 5.75 Å². The lowest BCUT2D eigenvalue weighted by Gasteiger charge is -2.14. The lowest BCUT2D eigenvalue weighted by molar-refractivity contribution is 0.0941. The van der Waals surface area contributed by atoms with Crippen molar-refractivity contribution in [1.82, 2.24) is 10.5 Å². The second-order valence-corrected chi connectivity index (χ2v) is 5.84. The highest BCUT2D eigenvalue weighted by Gasteiger charge is 2.14. The second-order valence-electron chi connectivity index (χ2n) is 4.92. The molecule has 1 aromatic heterocycles. The second kappa shape index (κ2) is 6.76. The van der Waals surface area contributed by atoms with E-state index in [2.05, 4.69) is 26.4 Å². The predicted octanol–water partition coefficient (Wildman–Crippen LogP) is 3.46. The SMILES string of the molecule is Cc1cc(CNC(=O)c2ccc(Br)cc2OC(C)C)on1. The van der Waals surface area contributed by atoms with Gasteiger partial charge in [0.25, 0.3) is 5.91 Å². The number of hydrogen-bond acceptors (Lipinski definition) is 4. The first-order valence-electron chi connectivity index (χ1n) is 6.62. The number of ether oxygens (including phenoxy) is 1. The molecule has 2 aromatic rings. The Hall–Kier alpha value is -1.82. The maximum atomic E-state index is 12.3. The first-order valence-corrected chi connectivity index (χ1v) is 7.41. The van der Waals surface area contributed by atoms with Crippen LogP contribution in [0.3, 0.4) is 0 Å². The molecule has 2 rings (SSSR count). The van der Waals surface area contributed by atoms with Crippen LogP contribution in [0.4, 0.5) is 0 Å². The Kier molecular flexibility index (Phi) is 5.01. The number of hydrogen-bond donors (Lipinski definition) is 1. The standard InChI is InChI=1S/C15H17BrN2O3/c1-9(2)20-14-7-11(16)4-5-13(14)15(19)17-8-12-6-10(3)18-21-12/h4-7,9H,8H2,1-3H3,(H,17,19). The van der Waals surface area contributed by atoms with Gasteiger partial charge in [-0.3, -0.25) is 4.79 Å². The lowest BCUT2D eigenvalue weighted by atomic mass is 10.2. The van der Waals surface area contributed by atoms with Gasteiger partial charge in [0.15, 0.2) is 5.76 Å². The van der Waals surface area contributed by atoms with Crippen molar-refractivity contribution < 1.29 is 14.1 Å². The fraction of sp³-hybridized carbons (Fsp3) is 0.333. The van der Waals surface area contributed by atoms with Gasteiger partial charge >= 0.3 is 0 Å². The lowest BCUT2D eigenvalue weighted by Crippen LogP contribution is -2.23. The minimum atomic E-state index is -0.216. The normalized spacial score (nSPS) is 10.7. The van der Waals surface area contributed by atoms with Crippen LogP contribution in [0, 0.1) is 6.92 Å². The van der Waals surface area contributed by atoms with Gasteiger partial charge in [0.2, 0.25) is 0 Å². The summed E-state index contributed by atoms with van der Waals surface area (Å²) in [5.74, 6) is 0.946. The number of carbonyl (C=O) groups is 1. The summed E-state index contributed by atoms with van der Waals surface area (Å²) in [4.78, 5) is 12.3. The molecular formula is C15H17BrN2O3. The Morgan fingerprint density at radius 1 is 1.43 bits per heavy atom. The summed E-state index contributed by atoms with van der Waals surface area (Å²) in [6.07, 6.45) is -0.0113. The fourth-order valence-corrected chi connectivity index (χ4v) is 2.14. The Bertz CT molecular complexity index is 638. The van der Waals surface area contributed by atoms with E-state index in [9.17, 15) is 4.79 Å². The molecule has 21 heavy (non-hydrogen) atoms. The Morgan fingerprint density at radius 2 is 2.19 bits per heavy atom. The average Bonchev–Trinajstić information content (AvgIpc) is 2.81. The molecule has 0 bridgehead atoms. The molecule has 6 heteroatoms. The third-order valence-corrected chi connectivity index (χ3v) is 3.14. The third-order valence-electron chi connectivity index (χ3n) is 2.65. The highest BCUT2D eigenvalue weighted by molar-refractivity contribution is 9.10. The van der Waals surface area contributed by atoms with Crippen molar-refractivity contribution in [3.8, 4) is 5.75 Å². The van der Waals surface area contributed by atoms with Gasteiger partial charge in [-0.1, -0.05) is 21.1 Å². The summed E-state index contributed by atoms with van der Waals surface area (Å²) >= 11 is 3.38. The molecule has 0 atom stereocenters. The van der Waals surface area contributed by atoms with E-state index in [1.165, 1.54) is 0 Å². The van der Waals surface area contributed by atoms with Crippen molar-refractivity contribution in [2.45, 2.75) is 33.4 Å². The maximum absolute atomic E-state index is 12.3. The first-order chi connectivity index (χ1) is 9.95. The van der Waals surface area contributed by atoms with E-state index in [0.717, 1.165) is 10.2 Å². The Morgan fingerprint density at radius 3 is 2.81 bits per heavy atom. The molecule has 0 unspecified atom stereocenters. The van der Waals surface area contributed by atoms with E-state index in [4.69, 9.17) is 9.26 Å². The number of carbonyl (C=O) groups excluding carboxylic acids is 1. The van der Waals surface area contributed by atoms with Crippen LogP contribution in [-0.4, -0.2) is 17.2 Å². The molecule has 1 amide bonds. The molecule has 0 aliphatic carbocycles. The van der Waals surface area contributed by atoms with Gasteiger partial charge in [-0.05, 0) is 39.0 Å². The Balaban J connectivity index is 2.10. The molecule has 1 N–H and O–H groups in total. The largest absolute Gasteiger partial charge is 0.490 e. The van der Waals surface area contributed by atoms with Gasteiger partial charge in [-0.2, -0.15) is 0 Å². The smallest absolute Gasteiger partial charge is 0.255 e. The number of nitrogens with one attached hydrogen (secondary N) is 1. The molecule has 0 aliphatic heterocycles. The van der Waals surface area contributed by atoms with Crippen LogP contribution >= 0.6 is 15.9 Å². The van der Waals surface area contributed by atoms with E-state index in [1.54, 1.807) is 24.3 Å². The molecule has 5 nitrogen and oxygen atoms in total. The number of amides is 1. The monoisotopic (exact) mass is 352 g/mol. The molecule has 0 aliphatic rings. The molecule has 0 fully saturated rings. The molecular weight excluding hydrogens is 336 g/mol. The molecule has 1 heterocycles. The van der Waals surface area contributed by atoms with E-state index in [1.807, 2.05) is 20.8 Å². The van der Waals surface area contributed by atoms with Gasteiger partial charge in [-0.15, -0.1) is 0 Å². The van der Waals surface area contributed by atoms with Crippen LogP contribution in [0.2, 0.25) is 0 Å². The van der Waals surface area contributed by atoms with Crippen LogP contribution in [0.1, 0.15) is 35.7 Å². The van der Waals surface area contributed by atoms with Crippen molar-refractivity contribution in [2.75, 3.05) is 0 Å². The fourth-order valence-electron chi connectivity index (χ4n) is 1.80. The zero-order chi connectivity index (χ0) is 15.4. The molecule has 0 spiro atoms. The topological polar surface area (TPSA) is 64.4 Å². The highest BCUT2D eigenvalue weighted by atomic mass is 79.9. The molecule has 1 aromatic carbocycles. The number of aromatic nitrogens is 1. The van der Waals surface area contributed by atoms with Gasteiger partial charge < -0.3 is 14.6 Å². The zero-order valence-corrected chi connectivity index (χ0v) is 13.7. The molecule has 0 radical (unpaired) electrons.